The Hall–Kier alpha value is -2.24. The lowest BCUT2D eigenvalue weighted by Gasteiger charge is -2.12. The largest absolute Gasteiger partial charge is 0.397 e. The van der Waals surface area contributed by atoms with Crippen LogP contribution in [0.3, 0.4) is 0 Å². The first-order valence-electron chi connectivity index (χ1n) is 4.95. The molecule has 2 nitrogen and oxygen atoms in total. The summed E-state index contributed by atoms with van der Waals surface area (Å²) in [5.74, 6) is -4.32. The van der Waals surface area contributed by atoms with Crippen LogP contribution in [0.1, 0.15) is 0 Å². The third-order valence-corrected chi connectivity index (χ3v) is 2.34. The van der Waals surface area contributed by atoms with E-state index in [1.807, 2.05) is 0 Å². The lowest BCUT2D eigenvalue weighted by molar-refractivity contribution is 0.511. The zero-order valence-electron chi connectivity index (χ0n) is 8.98. The molecule has 2 aromatic rings. The van der Waals surface area contributed by atoms with Crippen molar-refractivity contribution in [2.75, 3.05) is 11.1 Å². The van der Waals surface area contributed by atoms with Crippen LogP contribution >= 0.6 is 0 Å². The van der Waals surface area contributed by atoms with Crippen molar-refractivity contribution in [3.8, 4) is 0 Å². The van der Waals surface area contributed by atoms with Gasteiger partial charge in [0.05, 0.1) is 5.69 Å². The number of nitrogens with two attached hydrogens (primary N) is 1. The summed E-state index contributed by atoms with van der Waals surface area (Å²) in [7, 11) is 0. The van der Waals surface area contributed by atoms with Gasteiger partial charge in [0, 0.05) is 0 Å². The molecular weight excluding hydrogens is 248 g/mol. The van der Waals surface area contributed by atoms with Crippen molar-refractivity contribution < 1.29 is 17.6 Å². The molecule has 0 atom stereocenters. The summed E-state index contributed by atoms with van der Waals surface area (Å²) < 4.78 is 53.1. The van der Waals surface area contributed by atoms with E-state index < -0.39 is 34.6 Å². The van der Waals surface area contributed by atoms with Crippen molar-refractivity contribution in [1.29, 1.82) is 0 Å². The second kappa shape index (κ2) is 4.56. The van der Waals surface area contributed by atoms with E-state index in [9.17, 15) is 17.6 Å². The molecule has 0 saturated carbocycles. The van der Waals surface area contributed by atoms with Crippen LogP contribution in [0.25, 0.3) is 0 Å². The third kappa shape index (κ3) is 2.09. The molecule has 0 heterocycles. The van der Waals surface area contributed by atoms with Crippen LogP contribution in [0, 0.1) is 23.3 Å². The van der Waals surface area contributed by atoms with Gasteiger partial charge in [0.1, 0.15) is 23.0 Å². The molecule has 2 rings (SSSR count). The molecule has 18 heavy (non-hydrogen) atoms. The predicted octanol–water partition coefficient (Wildman–Crippen LogP) is 3.57. The van der Waals surface area contributed by atoms with E-state index in [0.29, 0.717) is 0 Å². The molecule has 0 aliphatic carbocycles. The highest BCUT2D eigenvalue weighted by atomic mass is 19.2. The molecule has 0 radical (unpaired) electrons. The number of nitrogen functional groups attached to an aromatic ring is 1. The van der Waals surface area contributed by atoms with E-state index in [4.69, 9.17) is 5.73 Å². The Labute approximate surface area is 100 Å². The van der Waals surface area contributed by atoms with Crippen molar-refractivity contribution in [3.63, 3.8) is 0 Å². The number of hydrogen-bond donors (Lipinski definition) is 2. The highest BCUT2D eigenvalue weighted by Crippen LogP contribution is 2.30. The molecule has 0 aliphatic rings. The Bertz CT molecular complexity index is 579. The minimum atomic E-state index is -1.29. The van der Waals surface area contributed by atoms with Crippen LogP contribution < -0.4 is 11.1 Å². The van der Waals surface area contributed by atoms with E-state index in [0.717, 1.165) is 30.3 Å². The van der Waals surface area contributed by atoms with E-state index in [-0.39, 0.29) is 5.69 Å². The third-order valence-electron chi connectivity index (χ3n) is 2.34. The van der Waals surface area contributed by atoms with Crippen molar-refractivity contribution in [1.82, 2.24) is 0 Å². The molecule has 0 aromatic heterocycles. The van der Waals surface area contributed by atoms with Gasteiger partial charge in [-0.3, -0.25) is 0 Å². The van der Waals surface area contributed by atoms with Crippen molar-refractivity contribution >= 4 is 17.1 Å². The van der Waals surface area contributed by atoms with Crippen molar-refractivity contribution in [2.24, 2.45) is 0 Å². The zero-order chi connectivity index (χ0) is 13.3. The van der Waals surface area contributed by atoms with Crippen molar-refractivity contribution in [3.05, 3.63) is 53.6 Å². The van der Waals surface area contributed by atoms with Gasteiger partial charge in [0.25, 0.3) is 0 Å². The maximum Gasteiger partial charge on any atom is 0.184 e. The molecular formula is C12H8F4N2. The highest BCUT2D eigenvalue weighted by Gasteiger charge is 2.15. The lowest BCUT2D eigenvalue weighted by Crippen LogP contribution is -2.04. The van der Waals surface area contributed by atoms with E-state index in [1.54, 1.807) is 0 Å². The quantitative estimate of drug-likeness (QED) is 0.636. The van der Waals surface area contributed by atoms with Crippen LogP contribution in [0.15, 0.2) is 30.3 Å². The fourth-order valence-electron chi connectivity index (χ4n) is 1.43. The lowest BCUT2D eigenvalue weighted by atomic mass is 10.2. The van der Waals surface area contributed by atoms with Gasteiger partial charge in [-0.2, -0.15) is 0 Å². The first-order chi connectivity index (χ1) is 8.50. The van der Waals surface area contributed by atoms with Crippen LogP contribution in [0.2, 0.25) is 0 Å². The van der Waals surface area contributed by atoms with Crippen LogP contribution in [0.4, 0.5) is 34.6 Å². The minimum absolute atomic E-state index is 0.156. The smallest absolute Gasteiger partial charge is 0.184 e. The molecule has 94 valence electrons. The molecule has 3 N–H and O–H groups in total. The van der Waals surface area contributed by atoms with Gasteiger partial charge in [-0.15, -0.1) is 0 Å². The number of anilines is 3. The van der Waals surface area contributed by atoms with Gasteiger partial charge in [0.15, 0.2) is 11.6 Å². The number of benzene rings is 2. The molecule has 0 spiro atoms. The van der Waals surface area contributed by atoms with Gasteiger partial charge < -0.3 is 11.1 Å². The Morgan fingerprint density at radius 1 is 0.778 bits per heavy atom. The van der Waals surface area contributed by atoms with Gasteiger partial charge in [0.2, 0.25) is 0 Å². The second-order valence-corrected chi connectivity index (χ2v) is 3.55. The molecule has 0 bridgehead atoms. The average Bonchev–Trinajstić information content (AvgIpc) is 2.33. The molecule has 0 amide bonds. The SMILES string of the molecule is Nc1ccc(F)c(F)c1Nc1c(F)cccc1F. The summed E-state index contributed by atoms with van der Waals surface area (Å²) in [6, 6.07) is 5.05. The molecule has 0 fully saturated rings. The van der Waals surface area contributed by atoms with Gasteiger partial charge >= 0.3 is 0 Å². The van der Waals surface area contributed by atoms with Gasteiger partial charge in [-0.1, -0.05) is 6.07 Å². The number of para-hydroxylation sites is 1. The number of rotatable bonds is 2. The molecule has 0 aliphatic heterocycles. The first-order valence-corrected chi connectivity index (χ1v) is 4.95. The maximum atomic E-state index is 13.4. The topological polar surface area (TPSA) is 38.0 Å². The summed E-state index contributed by atoms with van der Waals surface area (Å²) in [6.45, 7) is 0. The van der Waals surface area contributed by atoms with E-state index in [1.165, 1.54) is 0 Å². The fraction of sp³-hybridized carbons (Fsp3) is 0. The number of hydrogen-bond acceptors (Lipinski definition) is 2. The molecule has 6 heteroatoms. The summed E-state index contributed by atoms with van der Waals surface area (Å²) in [4.78, 5) is 0. The molecule has 0 unspecified atom stereocenters. The summed E-state index contributed by atoms with van der Waals surface area (Å²) >= 11 is 0. The number of nitrogens with one attached hydrogen (secondary N) is 1. The number of halogens is 4. The maximum absolute atomic E-state index is 13.4. The minimum Gasteiger partial charge on any atom is -0.397 e. The second-order valence-electron chi connectivity index (χ2n) is 3.55. The highest BCUT2D eigenvalue weighted by molar-refractivity contribution is 5.73. The summed E-state index contributed by atoms with van der Waals surface area (Å²) in [5.41, 5.74) is 4.18. The van der Waals surface area contributed by atoms with Crippen LogP contribution in [-0.4, -0.2) is 0 Å². The summed E-state index contributed by atoms with van der Waals surface area (Å²) in [6.07, 6.45) is 0. The average molecular weight is 256 g/mol. The molecule has 2 aromatic carbocycles. The van der Waals surface area contributed by atoms with Gasteiger partial charge in [-0.25, -0.2) is 17.6 Å². The predicted molar refractivity (Wildman–Crippen MR) is 60.4 cm³/mol. The van der Waals surface area contributed by atoms with Crippen molar-refractivity contribution in [2.45, 2.75) is 0 Å². The van der Waals surface area contributed by atoms with Crippen LogP contribution in [-0.2, 0) is 0 Å². The zero-order valence-corrected chi connectivity index (χ0v) is 8.98. The Morgan fingerprint density at radius 2 is 1.39 bits per heavy atom. The summed E-state index contributed by atoms with van der Waals surface area (Å²) in [5, 5.41) is 2.13. The standard InChI is InChI=1S/C12H8F4N2/c13-6-4-5-9(17)12(10(6)16)18-11-7(14)2-1-3-8(11)15/h1-5,18H,17H2. The van der Waals surface area contributed by atoms with E-state index >= 15 is 0 Å². The Kier molecular flexibility index (Phi) is 3.10. The molecule has 0 saturated heterocycles. The Balaban J connectivity index is 2.50. The van der Waals surface area contributed by atoms with Gasteiger partial charge in [-0.05, 0) is 24.3 Å². The first kappa shape index (κ1) is 12.2. The fourth-order valence-corrected chi connectivity index (χ4v) is 1.43. The monoisotopic (exact) mass is 256 g/mol. The van der Waals surface area contributed by atoms with E-state index in [2.05, 4.69) is 5.32 Å². The van der Waals surface area contributed by atoms with Crippen LogP contribution in [0.5, 0.6) is 0 Å². The normalized spacial score (nSPS) is 10.4. The Morgan fingerprint density at radius 3 is 2.00 bits per heavy atom.